The lowest BCUT2D eigenvalue weighted by Crippen LogP contribution is -2.39. The van der Waals surface area contributed by atoms with Crippen LogP contribution in [0.1, 0.15) is 13.8 Å². The largest absolute Gasteiger partial charge is 0.393 e. The fourth-order valence-corrected chi connectivity index (χ4v) is 0.814. The van der Waals surface area contributed by atoms with E-state index < -0.39 is 5.92 Å². The number of hydrogen-bond acceptors (Lipinski definition) is 3. The van der Waals surface area contributed by atoms with Crippen LogP contribution in [0.15, 0.2) is 0 Å². The average molecular weight is 217 g/mol. The molecule has 5 nitrogen and oxygen atoms in total. The number of thiocarbonyl (C=S) groups is 1. The Morgan fingerprint density at radius 1 is 1.36 bits per heavy atom. The zero-order valence-electron chi connectivity index (χ0n) is 8.29. The Labute approximate surface area is 88.4 Å². The highest BCUT2D eigenvalue weighted by Gasteiger charge is 2.14. The van der Waals surface area contributed by atoms with Gasteiger partial charge in [-0.15, -0.1) is 0 Å². The molecule has 0 rings (SSSR count). The zero-order valence-corrected chi connectivity index (χ0v) is 9.11. The summed E-state index contributed by atoms with van der Waals surface area (Å²) in [4.78, 5) is 21.9. The van der Waals surface area contributed by atoms with Crippen LogP contribution in [0.5, 0.6) is 0 Å². The number of nitrogens with one attached hydrogen (secondary N) is 2. The number of hydrogen-bond donors (Lipinski definition) is 3. The molecule has 0 aliphatic rings. The van der Waals surface area contributed by atoms with E-state index in [1.807, 2.05) is 0 Å². The van der Waals surface area contributed by atoms with Gasteiger partial charge in [-0.1, -0.05) is 12.2 Å². The number of carbonyl (C=O) groups is 2. The summed E-state index contributed by atoms with van der Waals surface area (Å²) in [5, 5.41) is 5.15. The van der Waals surface area contributed by atoms with Gasteiger partial charge in [0.25, 0.3) is 0 Å². The van der Waals surface area contributed by atoms with E-state index in [9.17, 15) is 9.59 Å². The first-order chi connectivity index (χ1) is 6.45. The Bertz CT molecular complexity index is 243. The van der Waals surface area contributed by atoms with Crippen LogP contribution in [0, 0.1) is 5.92 Å². The van der Waals surface area contributed by atoms with Gasteiger partial charge in [0.2, 0.25) is 11.8 Å². The van der Waals surface area contributed by atoms with Crippen molar-refractivity contribution in [1.29, 1.82) is 0 Å². The first-order valence-electron chi connectivity index (χ1n) is 4.26. The number of carbonyl (C=O) groups excluding carboxylic acids is 2. The Balaban J connectivity index is 3.64. The lowest BCUT2D eigenvalue weighted by Gasteiger charge is -2.10. The van der Waals surface area contributed by atoms with Gasteiger partial charge in [-0.3, -0.25) is 9.59 Å². The molecule has 0 radical (unpaired) electrons. The predicted molar refractivity (Wildman–Crippen MR) is 57.6 cm³/mol. The normalized spacial score (nSPS) is 11.6. The molecule has 0 aliphatic carbocycles. The third-order valence-electron chi connectivity index (χ3n) is 1.62. The van der Waals surface area contributed by atoms with Crippen LogP contribution in [0.2, 0.25) is 0 Å². The summed E-state index contributed by atoms with van der Waals surface area (Å²) in [6.45, 7) is 3.84. The van der Waals surface area contributed by atoms with Gasteiger partial charge in [-0.05, 0) is 6.92 Å². The van der Waals surface area contributed by atoms with Crippen LogP contribution in [0.4, 0.5) is 0 Å². The van der Waals surface area contributed by atoms with Crippen LogP contribution in [0.25, 0.3) is 0 Å². The number of nitrogens with two attached hydrogens (primary N) is 1. The lowest BCUT2D eigenvalue weighted by molar-refractivity contribution is -0.123. The molecule has 0 saturated heterocycles. The second kappa shape index (κ2) is 6.31. The summed E-state index contributed by atoms with van der Waals surface area (Å²) in [6.07, 6.45) is 0. The minimum Gasteiger partial charge on any atom is -0.393 e. The van der Waals surface area contributed by atoms with Gasteiger partial charge < -0.3 is 16.4 Å². The standard InChI is InChI=1S/C8H15N3O2S/c1-5(7(9)14)8(13)11-4-3-10-6(2)12/h5H,3-4H2,1-2H3,(H2,9,14)(H,10,12)(H,11,13). The summed E-state index contributed by atoms with van der Waals surface area (Å²) in [5.41, 5.74) is 5.29. The molecule has 0 aromatic carbocycles. The van der Waals surface area contributed by atoms with Crippen molar-refractivity contribution in [3.05, 3.63) is 0 Å². The van der Waals surface area contributed by atoms with Crippen LogP contribution < -0.4 is 16.4 Å². The minimum absolute atomic E-state index is 0.123. The maximum Gasteiger partial charge on any atom is 0.229 e. The van der Waals surface area contributed by atoms with Crippen LogP contribution >= 0.6 is 12.2 Å². The van der Waals surface area contributed by atoms with Gasteiger partial charge in [-0.25, -0.2) is 0 Å². The molecule has 4 N–H and O–H groups in total. The molecule has 0 fully saturated rings. The van der Waals surface area contributed by atoms with Crippen LogP contribution in [-0.4, -0.2) is 29.9 Å². The smallest absolute Gasteiger partial charge is 0.229 e. The summed E-state index contributed by atoms with van der Waals surface area (Å²) in [7, 11) is 0. The number of rotatable bonds is 5. The fraction of sp³-hybridized carbons (Fsp3) is 0.625. The van der Waals surface area contributed by atoms with Crippen LogP contribution in [-0.2, 0) is 9.59 Å². The molecule has 0 bridgehead atoms. The molecule has 0 heterocycles. The van der Waals surface area contributed by atoms with E-state index >= 15 is 0 Å². The molecule has 6 heteroatoms. The molecule has 0 saturated carbocycles. The molecule has 0 aromatic rings. The monoisotopic (exact) mass is 217 g/mol. The van der Waals surface area contributed by atoms with Crippen LogP contribution in [0.3, 0.4) is 0 Å². The maximum absolute atomic E-state index is 11.2. The molecule has 1 atom stereocenters. The van der Waals surface area contributed by atoms with Crippen molar-refractivity contribution in [2.75, 3.05) is 13.1 Å². The van der Waals surface area contributed by atoms with Gasteiger partial charge in [0.05, 0.1) is 10.9 Å². The van der Waals surface area contributed by atoms with Crippen molar-refractivity contribution in [2.24, 2.45) is 11.7 Å². The molecule has 1 unspecified atom stereocenters. The summed E-state index contributed by atoms with van der Waals surface area (Å²) >= 11 is 4.66. The second-order valence-electron chi connectivity index (χ2n) is 2.90. The third kappa shape index (κ3) is 5.47. The molecule has 0 aliphatic heterocycles. The lowest BCUT2D eigenvalue weighted by atomic mass is 10.2. The second-order valence-corrected chi connectivity index (χ2v) is 3.37. The van der Waals surface area contributed by atoms with E-state index in [1.165, 1.54) is 6.92 Å². The highest BCUT2D eigenvalue weighted by Crippen LogP contribution is 1.93. The van der Waals surface area contributed by atoms with Crippen molar-refractivity contribution < 1.29 is 9.59 Å². The highest BCUT2D eigenvalue weighted by atomic mass is 32.1. The van der Waals surface area contributed by atoms with E-state index in [4.69, 9.17) is 5.73 Å². The van der Waals surface area contributed by atoms with Crippen molar-refractivity contribution >= 4 is 29.0 Å². The van der Waals surface area contributed by atoms with Gasteiger partial charge in [-0.2, -0.15) is 0 Å². The number of amides is 2. The molecule has 80 valence electrons. The zero-order chi connectivity index (χ0) is 11.1. The molecule has 0 spiro atoms. The highest BCUT2D eigenvalue weighted by molar-refractivity contribution is 7.80. The quantitative estimate of drug-likeness (QED) is 0.414. The van der Waals surface area contributed by atoms with E-state index in [-0.39, 0.29) is 16.8 Å². The summed E-state index contributed by atoms with van der Waals surface area (Å²) in [6, 6.07) is 0. The molecule has 2 amide bonds. The summed E-state index contributed by atoms with van der Waals surface area (Å²) < 4.78 is 0. The van der Waals surface area contributed by atoms with Crippen molar-refractivity contribution in [3.63, 3.8) is 0 Å². The average Bonchev–Trinajstić information content (AvgIpc) is 2.10. The molecule has 0 aromatic heterocycles. The van der Waals surface area contributed by atoms with Crippen molar-refractivity contribution in [1.82, 2.24) is 10.6 Å². The molecular formula is C8H15N3O2S. The van der Waals surface area contributed by atoms with Gasteiger partial charge in [0, 0.05) is 20.0 Å². The Morgan fingerprint density at radius 3 is 2.29 bits per heavy atom. The van der Waals surface area contributed by atoms with Gasteiger partial charge >= 0.3 is 0 Å². The summed E-state index contributed by atoms with van der Waals surface area (Å²) in [5.74, 6) is -0.813. The minimum atomic E-state index is -0.470. The maximum atomic E-state index is 11.2. The molecular weight excluding hydrogens is 202 g/mol. The van der Waals surface area contributed by atoms with Gasteiger partial charge in [0.15, 0.2) is 0 Å². The predicted octanol–water partition coefficient (Wildman–Crippen LogP) is -0.839. The van der Waals surface area contributed by atoms with Crippen molar-refractivity contribution in [2.45, 2.75) is 13.8 Å². The van der Waals surface area contributed by atoms with E-state index in [1.54, 1.807) is 6.92 Å². The van der Waals surface area contributed by atoms with Crippen molar-refractivity contribution in [3.8, 4) is 0 Å². The SMILES string of the molecule is CC(=O)NCCNC(=O)C(C)C(N)=S. The Morgan fingerprint density at radius 2 is 1.86 bits per heavy atom. The molecule has 14 heavy (non-hydrogen) atoms. The topological polar surface area (TPSA) is 84.2 Å². The third-order valence-corrected chi connectivity index (χ3v) is 1.97. The Kier molecular flexibility index (Phi) is 5.78. The first-order valence-corrected chi connectivity index (χ1v) is 4.67. The van der Waals surface area contributed by atoms with E-state index in [2.05, 4.69) is 22.9 Å². The Hall–Kier alpha value is -1.17. The fourth-order valence-electron chi connectivity index (χ4n) is 0.707. The first kappa shape index (κ1) is 12.8. The van der Waals surface area contributed by atoms with E-state index in [0.717, 1.165) is 0 Å². The van der Waals surface area contributed by atoms with E-state index in [0.29, 0.717) is 13.1 Å². The van der Waals surface area contributed by atoms with Gasteiger partial charge in [0.1, 0.15) is 0 Å².